The fourth-order valence-electron chi connectivity index (χ4n) is 3.50. The molecular weight excluding hydrogens is 445 g/mol. The van der Waals surface area contributed by atoms with Crippen LogP contribution in [0.4, 0.5) is 13.2 Å². The molecule has 34 heavy (non-hydrogen) atoms. The number of carboxylic acid groups (broad SMARTS) is 1. The monoisotopic (exact) mass is 466 g/mol. The average molecular weight is 466 g/mol. The Morgan fingerprint density at radius 1 is 0.971 bits per heavy atom. The van der Waals surface area contributed by atoms with Crippen LogP contribution < -0.4 is 4.74 Å². The number of carbonyl (C=O) groups is 1. The molecule has 0 aliphatic carbocycles. The van der Waals surface area contributed by atoms with Crippen molar-refractivity contribution in [2.75, 3.05) is 6.61 Å². The molecular formula is C26H21F3N2O3. The second-order valence-electron chi connectivity index (χ2n) is 7.75. The van der Waals surface area contributed by atoms with Gasteiger partial charge in [0.1, 0.15) is 5.75 Å². The Balaban J connectivity index is 1.64. The van der Waals surface area contributed by atoms with Gasteiger partial charge in [-0.05, 0) is 54.4 Å². The van der Waals surface area contributed by atoms with E-state index in [9.17, 15) is 23.1 Å². The van der Waals surface area contributed by atoms with Crippen LogP contribution in [0.15, 0.2) is 66.9 Å². The van der Waals surface area contributed by atoms with Crippen LogP contribution in [0, 0.1) is 0 Å². The number of ether oxygens (including phenoxy) is 1. The Labute approximate surface area is 193 Å². The maximum Gasteiger partial charge on any atom is 0.416 e. The number of hydrogen-bond donors (Lipinski definition) is 1. The van der Waals surface area contributed by atoms with Gasteiger partial charge in [0.05, 0.1) is 34.6 Å². The number of rotatable bonds is 7. The summed E-state index contributed by atoms with van der Waals surface area (Å²) >= 11 is 0. The number of fused-ring (bicyclic) bond motifs is 1. The summed E-state index contributed by atoms with van der Waals surface area (Å²) in [5, 5.41) is 9.51. The number of hydrogen-bond acceptors (Lipinski definition) is 4. The summed E-state index contributed by atoms with van der Waals surface area (Å²) in [6.07, 6.45) is -0.894. The van der Waals surface area contributed by atoms with Crippen LogP contribution >= 0.6 is 0 Å². The van der Waals surface area contributed by atoms with Crippen molar-refractivity contribution in [1.82, 2.24) is 9.97 Å². The molecule has 2 heterocycles. The molecule has 0 radical (unpaired) electrons. The molecule has 1 N–H and O–H groups in total. The third-order valence-electron chi connectivity index (χ3n) is 5.35. The minimum absolute atomic E-state index is 0.0797. The Morgan fingerprint density at radius 3 is 2.32 bits per heavy atom. The first-order chi connectivity index (χ1) is 16.3. The van der Waals surface area contributed by atoms with Gasteiger partial charge in [0.25, 0.3) is 0 Å². The van der Waals surface area contributed by atoms with Gasteiger partial charge in [-0.1, -0.05) is 31.5 Å². The Bertz CT molecular complexity index is 1320. The van der Waals surface area contributed by atoms with Crippen LogP contribution in [0.3, 0.4) is 0 Å². The molecule has 4 rings (SSSR count). The van der Waals surface area contributed by atoms with E-state index in [2.05, 4.69) is 16.9 Å². The van der Waals surface area contributed by atoms with E-state index >= 15 is 0 Å². The minimum atomic E-state index is -4.58. The van der Waals surface area contributed by atoms with Crippen LogP contribution in [-0.2, 0) is 6.18 Å². The van der Waals surface area contributed by atoms with Crippen molar-refractivity contribution >= 4 is 16.9 Å². The highest BCUT2D eigenvalue weighted by molar-refractivity contribution is 6.03. The van der Waals surface area contributed by atoms with Gasteiger partial charge in [0.15, 0.2) is 0 Å². The first kappa shape index (κ1) is 23.2. The van der Waals surface area contributed by atoms with E-state index in [1.165, 1.54) is 12.1 Å². The lowest BCUT2D eigenvalue weighted by Crippen LogP contribution is -2.06. The lowest BCUT2D eigenvalue weighted by atomic mass is 10.0. The number of aromatic carboxylic acids is 1. The van der Waals surface area contributed by atoms with E-state index in [1.54, 1.807) is 12.3 Å². The molecule has 5 nitrogen and oxygen atoms in total. The molecule has 8 heteroatoms. The fourth-order valence-corrected chi connectivity index (χ4v) is 3.50. The van der Waals surface area contributed by atoms with Crippen LogP contribution in [0.2, 0.25) is 0 Å². The topological polar surface area (TPSA) is 72.3 Å². The van der Waals surface area contributed by atoms with E-state index in [0.717, 1.165) is 41.9 Å². The van der Waals surface area contributed by atoms with Crippen molar-refractivity contribution in [2.24, 2.45) is 0 Å². The average Bonchev–Trinajstić information content (AvgIpc) is 2.83. The fraction of sp³-hybridized carbons (Fsp3) is 0.192. The Hall–Kier alpha value is -3.94. The number of alkyl halides is 3. The highest BCUT2D eigenvalue weighted by atomic mass is 19.4. The molecule has 174 valence electrons. The van der Waals surface area contributed by atoms with E-state index < -0.39 is 17.7 Å². The summed E-state index contributed by atoms with van der Waals surface area (Å²) in [4.78, 5) is 20.5. The molecule has 0 atom stereocenters. The van der Waals surface area contributed by atoms with E-state index in [4.69, 9.17) is 4.74 Å². The number of halogens is 3. The highest BCUT2D eigenvalue weighted by Crippen LogP contribution is 2.33. The van der Waals surface area contributed by atoms with Gasteiger partial charge in [-0.25, -0.2) is 9.78 Å². The number of benzene rings is 2. The summed E-state index contributed by atoms with van der Waals surface area (Å²) in [5.41, 5.74) is 1.39. The molecule has 0 bridgehead atoms. The summed E-state index contributed by atoms with van der Waals surface area (Å²) in [6, 6.07) is 15.3. The number of aromatic nitrogens is 2. The Morgan fingerprint density at radius 2 is 1.71 bits per heavy atom. The van der Waals surface area contributed by atoms with Crippen molar-refractivity contribution in [2.45, 2.75) is 25.9 Å². The maximum absolute atomic E-state index is 13.1. The van der Waals surface area contributed by atoms with Crippen molar-refractivity contribution < 1.29 is 27.8 Å². The van der Waals surface area contributed by atoms with Gasteiger partial charge < -0.3 is 9.84 Å². The molecule has 4 aromatic rings. The number of unbranched alkanes of at least 4 members (excludes halogenated alkanes) is 1. The molecule has 0 saturated carbocycles. The highest BCUT2D eigenvalue weighted by Gasteiger charge is 2.31. The predicted octanol–water partition coefficient (Wildman–Crippen LogP) is 6.86. The normalized spacial score (nSPS) is 11.5. The van der Waals surface area contributed by atoms with Gasteiger partial charge in [-0.15, -0.1) is 0 Å². The first-order valence-electron chi connectivity index (χ1n) is 10.7. The molecule has 2 aromatic carbocycles. The zero-order valence-electron chi connectivity index (χ0n) is 18.3. The van der Waals surface area contributed by atoms with Crippen molar-refractivity contribution in [3.05, 3.63) is 78.0 Å². The smallest absolute Gasteiger partial charge is 0.416 e. The van der Waals surface area contributed by atoms with E-state index in [-0.39, 0.29) is 22.2 Å². The van der Waals surface area contributed by atoms with Gasteiger partial charge in [0.2, 0.25) is 0 Å². The predicted molar refractivity (Wildman–Crippen MR) is 123 cm³/mol. The number of carboxylic acids is 1. The molecule has 0 aliphatic rings. The van der Waals surface area contributed by atoms with Crippen molar-refractivity contribution in [3.63, 3.8) is 0 Å². The van der Waals surface area contributed by atoms with Crippen LogP contribution in [0.1, 0.15) is 35.7 Å². The lowest BCUT2D eigenvalue weighted by Gasteiger charge is -2.11. The summed E-state index contributed by atoms with van der Waals surface area (Å²) < 4.78 is 44.9. The number of nitrogens with zero attached hydrogens (tertiary/aromatic N) is 2. The molecule has 0 unspecified atom stereocenters. The van der Waals surface area contributed by atoms with Gasteiger partial charge in [-0.2, -0.15) is 13.2 Å². The zero-order valence-corrected chi connectivity index (χ0v) is 18.3. The van der Waals surface area contributed by atoms with Crippen molar-refractivity contribution in [1.29, 1.82) is 0 Å². The lowest BCUT2D eigenvalue weighted by molar-refractivity contribution is -0.137. The first-order valence-corrected chi connectivity index (χ1v) is 10.7. The molecule has 0 amide bonds. The Kier molecular flexibility index (Phi) is 6.49. The molecule has 0 spiro atoms. The summed E-state index contributed by atoms with van der Waals surface area (Å²) in [6.45, 7) is 2.77. The van der Waals surface area contributed by atoms with Gasteiger partial charge in [0, 0.05) is 17.1 Å². The SMILES string of the molecule is CCCCOc1ccc(-c2ccc(-c3cc(C(=O)O)c4cc(C(F)(F)F)ccc4n3)nc2)cc1. The maximum atomic E-state index is 13.1. The molecule has 2 aromatic heterocycles. The van der Waals surface area contributed by atoms with E-state index in [1.807, 2.05) is 30.3 Å². The molecule has 0 aliphatic heterocycles. The third-order valence-corrected chi connectivity index (χ3v) is 5.35. The second kappa shape index (κ2) is 9.51. The van der Waals surface area contributed by atoms with Crippen LogP contribution in [-0.4, -0.2) is 27.7 Å². The molecule has 0 fully saturated rings. The number of pyridine rings is 2. The van der Waals surface area contributed by atoms with Crippen LogP contribution in [0.5, 0.6) is 5.75 Å². The molecule has 0 saturated heterocycles. The van der Waals surface area contributed by atoms with Gasteiger partial charge in [-0.3, -0.25) is 4.98 Å². The summed E-state index contributed by atoms with van der Waals surface area (Å²) in [7, 11) is 0. The standard InChI is InChI=1S/C26H21F3N2O3/c1-2-3-12-34-19-8-4-16(5-9-19)17-6-10-23(30-15-17)24-14-21(25(32)33)20-13-18(26(27,28)29)7-11-22(20)31-24/h4-11,13-15H,2-3,12H2,1H3,(H,32,33). The quantitative estimate of drug-likeness (QED) is 0.301. The van der Waals surface area contributed by atoms with Crippen molar-refractivity contribution in [3.8, 4) is 28.3 Å². The van der Waals surface area contributed by atoms with Gasteiger partial charge >= 0.3 is 12.1 Å². The van der Waals surface area contributed by atoms with Crippen LogP contribution in [0.25, 0.3) is 33.4 Å². The largest absolute Gasteiger partial charge is 0.494 e. The minimum Gasteiger partial charge on any atom is -0.494 e. The zero-order chi connectivity index (χ0) is 24.3. The third kappa shape index (κ3) is 5.01. The van der Waals surface area contributed by atoms with E-state index in [0.29, 0.717) is 12.3 Å². The second-order valence-corrected chi connectivity index (χ2v) is 7.75. The summed E-state index contributed by atoms with van der Waals surface area (Å²) in [5.74, 6) is -0.553.